The van der Waals surface area contributed by atoms with E-state index in [0.717, 1.165) is 12.1 Å². The second-order valence-corrected chi connectivity index (χ2v) is 12.4. The van der Waals surface area contributed by atoms with Gasteiger partial charge in [-0.3, -0.25) is 9.59 Å². The van der Waals surface area contributed by atoms with Crippen LogP contribution in [-0.4, -0.2) is 56.3 Å². The van der Waals surface area contributed by atoms with E-state index in [-0.39, 0.29) is 17.6 Å². The molecule has 8 nitrogen and oxygen atoms in total. The lowest BCUT2D eigenvalue weighted by Crippen LogP contribution is -2.47. The van der Waals surface area contributed by atoms with Gasteiger partial charge < -0.3 is 15.4 Å². The van der Waals surface area contributed by atoms with Crippen molar-refractivity contribution in [3.05, 3.63) is 70.0 Å². The van der Waals surface area contributed by atoms with Crippen molar-refractivity contribution in [2.75, 3.05) is 12.3 Å². The van der Waals surface area contributed by atoms with Gasteiger partial charge in [-0.25, -0.2) is 17.6 Å². The summed E-state index contributed by atoms with van der Waals surface area (Å²) in [4.78, 5) is 37.3. The van der Waals surface area contributed by atoms with Gasteiger partial charge in [0.15, 0.2) is 15.6 Å². The van der Waals surface area contributed by atoms with Crippen molar-refractivity contribution in [1.29, 1.82) is 0 Å². The third kappa shape index (κ3) is 8.28. The van der Waals surface area contributed by atoms with Crippen molar-refractivity contribution in [1.82, 2.24) is 10.6 Å². The number of nitrogens with one attached hydrogen (secondary N) is 2. The van der Waals surface area contributed by atoms with Gasteiger partial charge >= 0.3 is 12.3 Å². The van der Waals surface area contributed by atoms with Crippen LogP contribution in [0.1, 0.15) is 42.3 Å². The smallest absolute Gasteiger partial charge is 0.408 e. The van der Waals surface area contributed by atoms with Crippen LogP contribution >= 0.6 is 11.6 Å². The van der Waals surface area contributed by atoms with E-state index in [9.17, 15) is 40.4 Å². The summed E-state index contributed by atoms with van der Waals surface area (Å²) in [6, 6.07) is 5.94. The van der Waals surface area contributed by atoms with Crippen LogP contribution in [0.3, 0.4) is 0 Å². The van der Waals surface area contributed by atoms with E-state index >= 15 is 0 Å². The van der Waals surface area contributed by atoms with Crippen molar-refractivity contribution in [3.63, 3.8) is 0 Å². The molecule has 3 rings (SSSR count). The molecule has 14 heteroatoms. The number of allylic oxidation sites excluding steroid dienone is 1. The number of alkyl carbamates (subject to hydrolysis) is 1. The number of ether oxygens (including phenoxy) is 1. The zero-order chi connectivity index (χ0) is 30.0. The molecule has 1 aliphatic heterocycles. The number of carbonyl (C=O) groups excluding carboxylic acids is 3. The molecule has 0 radical (unpaired) electrons. The number of hydrogen-bond donors (Lipinski definition) is 2. The highest BCUT2D eigenvalue weighted by molar-refractivity contribution is 7.91. The highest BCUT2D eigenvalue weighted by Crippen LogP contribution is 2.33. The van der Waals surface area contributed by atoms with E-state index in [1.165, 1.54) is 12.1 Å². The van der Waals surface area contributed by atoms with Crippen molar-refractivity contribution in [2.24, 2.45) is 0 Å². The minimum atomic E-state index is -4.78. The van der Waals surface area contributed by atoms with Gasteiger partial charge in [-0.1, -0.05) is 23.7 Å². The van der Waals surface area contributed by atoms with Crippen LogP contribution in [-0.2, 0) is 25.8 Å². The molecule has 1 atom stereocenters. The molecule has 2 aromatic carbocycles. The average Bonchev–Trinajstić information content (AvgIpc) is 2.80. The number of alkyl halides is 3. The first-order valence-electron chi connectivity index (χ1n) is 11.7. The second-order valence-electron chi connectivity index (χ2n) is 9.98. The number of benzene rings is 2. The maximum absolute atomic E-state index is 15.0. The minimum absolute atomic E-state index is 0.00598. The molecule has 0 saturated carbocycles. The molecular formula is C26H25ClF4N2O6S. The average molecular weight is 605 g/mol. The van der Waals surface area contributed by atoms with Crippen LogP contribution in [0.4, 0.5) is 22.4 Å². The Labute approximate surface area is 232 Å². The Morgan fingerprint density at radius 3 is 2.30 bits per heavy atom. The third-order valence-corrected chi connectivity index (χ3v) is 7.52. The summed E-state index contributed by atoms with van der Waals surface area (Å²) in [6.45, 7) is 2.95. The van der Waals surface area contributed by atoms with Gasteiger partial charge in [0.25, 0.3) is 5.91 Å². The predicted octanol–water partition coefficient (Wildman–Crippen LogP) is 4.65. The SMILES string of the molecule is CC(C)(C)OC(=O)N[C@H]1CS(=O)(=O)c2cc(F)c(C(=O)NCC(F)(F)F)cc2C(Cc2ccc(Cl)cc2)=CC1=O. The van der Waals surface area contributed by atoms with Crippen LogP contribution in [0, 0.1) is 5.82 Å². The molecule has 0 aromatic heterocycles. The fourth-order valence-corrected chi connectivity index (χ4v) is 5.59. The quantitative estimate of drug-likeness (QED) is 0.480. The van der Waals surface area contributed by atoms with E-state index in [4.69, 9.17) is 16.3 Å². The second kappa shape index (κ2) is 11.6. The van der Waals surface area contributed by atoms with Crippen molar-refractivity contribution < 1.29 is 45.1 Å². The molecule has 1 heterocycles. The number of carbonyl (C=O) groups is 3. The van der Waals surface area contributed by atoms with E-state index < -0.39 is 74.0 Å². The molecular weight excluding hydrogens is 580 g/mol. The Morgan fingerprint density at radius 2 is 1.73 bits per heavy atom. The van der Waals surface area contributed by atoms with Gasteiger partial charge in [0.2, 0.25) is 0 Å². The summed E-state index contributed by atoms with van der Waals surface area (Å²) < 4.78 is 84.8. The van der Waals surface area contributed by atoms with E-state index in [2.05, 4.69) is 5.32 Å². The predicted molar refractivity (Wildman–Crippen MR) is 138 cm³/mol. The van der Waals surface area contributed by atoms with Gasteiger partial charge in [-0.05, 0) is 74.2 Å². The van der Waals surface area contributed by atoms with Gasteiger partial charge in [0, 0.05) is 5.02 Å². The normalized spacial score (nSPS) is 17.1. The molecule has 2 aromatic rings. The molecule has 0 bridgehead atoms. The van der Waals surface area contributed by atoms with Crippen LogP contribution < -0.4 is 10.6 Å². The fourth-order valence-electron chi connectivity index (χ4n) is 3.79. The monoisotopic (exact) mass is 604 g/mol. The van der Waals surface area contributed by atoms with Crippen LogP contribution in [0.25, 0.3) is 5.57 Å². The molecule has 0 aliphatic carbocycles. The topological polar surface area (TPSA) is 119 Å². The highest BCUT2D eigenvalue weighted by atomic mass is 35.5. The molecule has 2 N–H and O–H groups in total. The molecule has 1 aliphatic rings. The maximum atomic E-state index is 15.0. The molecule has 0 unspecified atom stereocenters. The number of sulfone groups is 1. The molecule has 2 amide bonds. The first-order chi connectivity index (χ1) is 18.3. The maximum Gasteiger partial charge on any atom is 0.408 e. The number of fused-ring (bicyclic) bond motifs is 1. The lowest BCUT2D eigenvalue weighted by molar-refractivity contribution is -0.123. The Morgan fingerprint density at radius 1 is 1.10 bits per heavy atom. The third-order valence-electron chi connectivity index (χ3n) is 5.49. The van der Waals surface area contributed by atoms with Gasteiger partial charge in [-0.2, -0.15) is 13.2 Å². The van der Waals surface area contributed by atoms with Crippen LogP contribution in [0.5, 0.6) is 0 Å². The summed E-state index contributed by atoms with van der Waals surface area (Å²) in [7, 11) is -4.51. The molecule has 216 valence electrons. The highest BCUT2D eigenvalue weighted by Gasteiger charge is 2.35. The van der Waals surface area contributed by atoms with E-state index in [1.807, 2.05) is 0 Å². The number of ketones is 1. The minimum Gasteiger partial charge on any atom is -0.444 e. The van der Waals surface area contributed by atoms with Crippen LogP contribution in [0.15, 0.2) is 47.4 Å². The molecule has 0 fully saturated rings. The Kier molecular flexibility index (Phi) is 8.99. The lowest BCUT2D eigenvalue weighted by atomic mass is 9.94. The number of hydrogen-bond acceptors (Lipinski definition) is 6. The lowest BCUT2D eigenvalue weighted by Gasteiger charge is -2.25. The Bertz CT molecular complexity index is 1470. The first-order valence-corrected chi connectivity index (χ1v) is 13.8. The van der Waals surface area contributed by atoms with Crippen molar-refractivity contribution >= 4 is 44.8 Å². The number of rotatable bonds is 5. The van der Waals surface area contributed by atoms with Crippen molar-refractivity contribution in [3.8, 4) is 0 Å². The Hall–Kier alpha value is -3.45. The summed E-state index contributed by atoms with van der Waals surface area (Å²) >= 11 is 5.93. The number of amides is 2. The Balaban J connectivity index is 2.14. The summed E-state index contributed by atoms with van der Waals surface area (Å²) in [5, 5.41) is 4.17. The standard InChI is InChI=1S/C26H25ClF4N2O6S/c1-25(2,3)39-24(36)33-20-12-40(37,38)22-11-19(28)18(23(35)32-13-26(29,30)31)10-17(22)15(9-21(20)34)8-14-4-6-16(27)7-5-14/h4-7,9-11,20H,8,12-13H2,1-3H3,(H,32,35)(H,33,36)/t20-/m0/s1. The van der Waals surface area contributed by atoms with E-state index in [1.54, 1.807) is 38.2 Å². The number of halogens is 5. The van der Waals surface area contributed by atoms with E-state index in [0.29, 0.717) is 16.7 Å². The summed E-state index contributed by atoms with van der Waals surface area (Å²) in [5.41, 5.74) is -1.51. The summed E-state index contributed by atoms with van der Waals surface area (Å²) in [5.74, 6) is -4.63. The van der Waals surface area contributed by atoms with Crippen molar-refractivity contribution in [2.45, 2.75) is 49.9 Å². The first kappa shape index (κ1) is 31.1. The molecule has 40 heavy (non-hydrogen) atoms. The fraction of sp³-hybridized carbons (Fsp3) is 0.346. The van der Waals surface area contributed by atoms with Gasteiger partial charge in [0.05, 0.1) is 16.2 Å². The largest absolute Gasteiger partial charge is 0.444 e. The van der Waals surface area contributed by atoms with Gasteiger partial charge in [0.1, 0.15) is 24.0 Å². The van der Waals surface area contributed by atoms with Crippen LogP contribution in [0.2, 0.25) is 5.02 Å². The van der Waals surface area contributed by atoms with Gasteiger partial charge in [-0.15, -0.1) is 0 Å². The zero-order valence-corrected chi connectivity index (χ0v) is 23.1. The summed E-state index contributed by atoms with van der Waals surface area (Å²) in [6.07, 6.45) is -4.90. The molecule has 0 spiro atoms. The zero-order valence-electron chi connectivity index (χ0n) is 21.5. The molecule has 0 saturated heterocycles.